The maximum absolute atomic E-state index is 9.22. The number of aromatic nitrogens is 2. The number of phenolic OH excluding ortho intramolecular Hbond substituents is 1. The summed E-state index contributed by atoms with van der Waals surface area (Å²) < 4.78 is 5.21. The van der Waals surface area contributed by atoms with Gasteiger partial charge in [0.2, 0.25) is 5.89 Å². The van der Waals surface area contributed by atoms with E-state index in [1.807, 2.05) is 32.9 Å². The van der Waals surface area contributed by atoms with Gasteiger partial charge in [-0.05, 0) is 23.1 Å². The monoisotopic (exact) mass is 261 g/mol. The number of phenols is 1. The predicted molar refractivity (Wildman–Crippen MR) is 71.6 cm³/mol. The van der Waals surface area contributed by atoms with Crippen LogP contribution in [0.5, 0.6) is 5.75 Å². The van der Waals surface area contributed by atoms with Crippen molar-refractivity contribution < 1.29 is 9.63 Å². The summed E-state index contributed by atoms with van der Waals surface area (Å²) in [7, 11) is 0. The van der Waals surface area contributed by atoms with Crippen LogP contribution in [0.4, 0.5) is 0 Å². The van der Waals surface area contributed by atoms with E-state index >= 15 is 0 Å². The van der Waals surface area contributed by atoms with Crippen molar-refractivity contribution in [3.8, 4) is 5.75 Å². The van der Waals surface area contributed by atoms with Crippen molar-refractivity contribution in [3.63, 3.8) is 0 Å². The second kappa shape index (κ2) is 5.01. The first-order valence-electron chi connectivity index (χ1n) is 6.22. The molecular formula is C14H19N3O2. The van der Waals surface area contributed by atoms with Crippen LogP contribution in [0.25, 0.3) is 0 Å². The normalized spacial score (nSPS) is 13.5. The van der Waals surface area contributed by atoms with Gasteiger partial charge in [-0.3, -0.25) is 0 Å². The lowest BCUT2D eigenvalue weighted by Crippen LogP contribution is -2.26. The zero-order valence-electron chi connectivity index (χ0n) is 11.4. The molecule has 102 valence electrons. The lowest BCUT2D eigenvalue weighted by Gasteiger charge is -2.23. The largest absolute Gasteiger partial charge is 0.508 e. The molecule has 1 aromatic carbocycles. The zero-order chi connectivity index (χ0) is 14.0. The van der Waals surface area contributed by atoms with Crippen LogP contribution in [0.3, 0.4) is 0 Å². The molecule has 5 heteroatoms. The fourth-order valence-corrected chi connectivity index (χ4v) is 1.63. The van der Waals surface area contributed by atoms with Crippen LogP contribution in [0.2, 0.25) is 0 Å². The van der Waals surface area contributed by atoms with Crippen molar-refractivity contribution in [2.24, 2.45) is 11.1 Å². The van der Waals surface area contributed by atoms with Crippen molar-refractivity contribution in [1.29, 1.82) is 0 Å². The fraction of sp³-hybridized carbons (Fsp3) is 0.429. The van der Waals surface area contributed by atoms with Crippen molar-refractivity contribution in [2.45, 2.75) is 33.2 Å². The first-order valence-corrected chi connectivity index (χ1v) is 6.22. The summed E-state index contributed by atoms with van der Waals surface area (Å²) in [4.78, 5) is 4.33. The number of rotatable bonds is 3. The molecule has 0 unspecified atom stereocenters. The molecule has 0 bridgehead atoms. The lowest BCUT2D eigenvalue weighted by molar-refractivity contribution is 0.252. The zero-order valence-corrected chi connectivity index (χ0v) is 11.4. The Kier molecular flexibility index (Phi) is 3.57. The van der Waals surface area contributed by atoms with E-state index in [9.17, 15) is 5.11 Å². The SMILES string of the molecule is CC(C)(C)[C@H](N)c1nc(Cc2ccc(O)cc2)no1. The molecule has 0 saturated carbocycles. The first kappa shape index (κ1) is 13.5. The smallest absolute Gasteiger partial charge is 0.244 e. The summed E-state index contributed by atoms with van der Waals surface area (Å²) in [5, 5.41) is 13.2. The molecule has 0 radical (unpaired) electrons. The summed E-state index contributed by atoms with van der Waals surface area (Å²) in [6.45, 7) is 6.09. The Balaban J connectivity index is 2.11. The van der Waals surface area contributed by atoms with Crippen LogP contribution in [0.15, 0.2) is 28.8 Å². The number of hydrogen-bond acceptors (Lipinski definition) is 5. The molecule has 0 aliphatic carbocycles. The fourth-order valence-electron chi connectivity index (χ4n) is 1.63. The average Bonchev–Trinajstić information content (AvgIpc) is 2.78. The topological polar surface area (TPSA) is 85.2 Å². The van der Waals surface area contributed by atoms with Crippen molar-refractivity contribution in [1.82, 2.24) is 10.1 Å². The van der Waals surface area contributed by atoms with Crippen LogP contribution >= 0.6 is 0 Å². The van der Waals surface area contributed by atoms with E-state index in [0.717, 1.165) is 5.56 Å². The Morgan fingerprint density at radius 3 is 2.47 bits per heavy atom. The number of aromatic hydroxyl groups is 1. The molecule has 1 heterocycles. The number of nitrogens with zero attached hydrogens (tertiary/aromatic N) is 2. The quantitative estimate of drug-likeness (QED) is 0.886. The highest BCUT2D eigenvalue weighted by Crippen LogP contribution is 2.29. The maximum atomic E-state index is 9.22. The van der Waals surface area contributed by atoms with Crippen LogP contribution in [0.1, 0.15) is 44.1 Å². The summed E-state index contributed by atoms with van der Waals surface area (Å²) in [6, 6.07) is 6.65. The van der Waals surface area contributed by atoms with Gasteiger partial charge in [-0.2, -0.15) is 4.98 Å². The highest BCUT2D eigenvalue weighted by atomic mass is 16.5. The average molecular weight is 261 g/mol. The first-order chi connectivity index (χ1) is 8.86. The van der Waals surface area contributed by atoms with E-state index in [2.05, 4.69) is 10.1 Å². The van der Waals surface area contributed by atoms with Crippen LogP contribution in [0, 0.1) is 5.41 Å². The highest BCUT2D eigenvalue weighted by molar-refractivity contribution is 5.27. The minimum Gasteiger partial charge on any atom is -0.508 e. The second-order valence-corrected chi connectivity index (χ2v) is 5.74. The summed E-state index contributed by atoms with van der Waals surface area (Å²) in [5.74, 6) is 1.30. The lowest BCUT2D eigenvalue weighted by atomic mass is 9.87. The molecule has 2 aromatic rings. The Bertz CT molecular complexity index is 541. The molecule has 0 fully saturated rings. The van der Waals surface area contributed by atoms with E-state index in [-0.39, 0.29) is 17.2 Å². The summed E-state index contributed by atoms with van der Waals surface area (Å²) in [6.07, 6.45) is 0.556. The van der Waals surface area contributed by atoms with Crippen LogP contribution in [-0.2, 0) is 6.42 Å². The molecule has 3 N–H and O–H groups in total. The predicted octanol–water partition coefficient (Wildman–Crippen LogP) is 2.41. The number of hydrogen-bond donors (Lipinski definition) is 2. The van der Waals surface area contributed by atoms with Gasteiger partial charge in [-0.15, -0.1) is 0 Å². The van der Waals surface area contributed by atoms with Gasteiger partial charge in [-0.1, -0.05) is 38.1 Å². The highest BCUT2D eigenvalue weighted by Gasteiger charge is 2.27. The standard InChI is InChI=1S/C14H19N3O2/c1-14(2,3)12(15)13-16-11(17-19-13)8-9-4-6-10(18)7-5-9/h4-7,12,18H,8,15H2,1-3H3/t12-/m1/s1. The summed E-state index contributed by atoms with van der Waals surface area (Å²) >= 11 is 0. The summed E-state index contributed by atoms with van der Waals surface area (Å²) in [5.41, 5.74) is 6.96. The molecule has 5 nitrogen and oxygen atoms in total. The van der Waals surface area contributed by atoms with E-state index in [1.165, 1.54) is 0 Å². The second-order valence-electron chi connectivity index (χ2n) is 5.74. The van der Waals surface area contributed by atoms with Gasteiger partial charge < -0.3 is 15.4 Å². The van der Waals surface area contributed by atoms with E-state index < -0.39 is 0 Å². The third kappa shape index (κ3) is 3.32. The van der Waals surface area contributed by atoms with Crippen molar-refractivity contribution in [3.05, 3.63) is 41.5 Å². The molecule has 0 spiro atoms. The molecular weight excluding hydrogens is 242 g/mol. The molecule has 0 aliphatic heterocycles. The van der Waals surface area contributed by atoms with E-state index in [0.29, 0.717) is 18.1 Å². The Labute approximate surface area is 112 Å². The Morgan fingerprint density at radius 1 is 1.26 bits per heavy atom. The minimum absolute atomic E-state index is 0.123. The van der Waals surface area contributed by atoms with Gasteiger partial charge in [0.05, 0.1) is 6.04 Å². The number of benzene rings is 1. The van der Waals surface area contributed by atoms with Gasteiger partial charge in [0.1, 0.15) is 5.75 Å². The minimum atomic E-state index is -0.284. The van der Waals surface area contributed by atoms with Gasteiger partial charge in [0.15, 0.2) is 5.82 Å². The van der Waals surface area contributed by atoms with Crippen molar-refractivity contribution in [2.75, 3.05) is 0 Å². The molecule has 0 saturated heterocycles. The molecule has 0 aliphatic rings. The molecule has 1 atom stereocenters. The number of nitrogens with two attached hydrogens (primary N) is 1. The van der Waals surface area contributed by atoms with Crippen LogP contribution < -0.4 is 5.73 Å². The van der Waals surface area contributed by atoms with Gasteiger partial charge in [-0.25, -0.2) is 0 Å². The third-order valence-electron chi connectivity index (χ3n) is 2.98. The van der Waals surface area contributed by atoms with Gasteiger partial charge in [0, 0.05) is 6.42 Å². The molecule has 19 heavy (non-hydrogen) atoms. The molecule has 1 aromatic heterocycles. The van der Waals surface area contributed by atoms with Gasteiger partial charge in [0.25, 0.3) is 0 Å². The van der Waals surface area contributed by atoms with Crippen molar-refractivity contribution >= 4 is 0 Å². The Morgan fingerprint density at radius 2 is 1.89 bits per heavy atom. The molecule has 2 rings (SSSR count). The third-order valence-corrected chi connectivity index (χ3v) is 2.98. The van der Waals surface area contributed by atoms with E-state index in [1.54, 1.807) is 12.1 Å². The maximum Gasteiger partial charge on any atom is 0.244 e. The molecule has 0 amide bonds. The Hall–Kier alpha value is -1.88. The van der Waals surface area contributed by atoms with Gasteiger partial charge >= 0.3 is 0 Å². The van der Waals surface area contributed by atoms with E-state index in [4.69, 9.17) is 10.3 Å². The van der Waals surface area contributed by atoms with Crippen LogP contribution in [-0.4, -0.2) is 15.2 Å².